The molecule has 3 N–H and O–H groups in total. The Morgan fingerprint density at radius 3 is 2.38 bits per heavy atom. The molecule has 0 spiro atoms. The van der Waals surface area contributed by atoms with Crippen molar-refractivity contribution in [2.24, 2.45) is 0 Å². The molecule has 0 aliphatic rings. The normalized spacial score (nSPS) is 10.8. The van der Waals surface area contributed by atoms with E-state index in [0.717, 1.165) is 12.8 Å². The average Bonchev–Trinajstić information content (AvgIpc) is 2.92. The van der Waals surface area contributed by atoms with Gasteiger partial charge in [0.05, 0.1) is 18.6 Å². The maximum atomic E-state index is 12.7. The minimum absolute atomic E-state index is 0.0253. The minimum atomic E-state index is -3.95. The highest BCUT2D eigenvalue weighted by Gasteiger charge is 2.18. The van der Waals surface area contributed by atoms with Crippen molar-refractivity contribution in [2.45, 2.75) is 37.0 Å². The summed E-state index contributed by atoms with van der Waals surface area (Å²) >= 11 is 5.15. The van der Waals surface area contributed by atoms with Crippen LogP contribution in [-0.2, 0) is 30.8 Å². The molecule has 1 aromatic heterocycles. The van der Waals surface area contributed by atoms with Gasteiger partial charge in [0.1, 0.15) is 0 Å². The standard InChI is InChI=1S/C26H29N5O6S2/c1-36-25-24(27-16-17-28-25)31-39(34,35)21-14-12-20(13-15-21)29-26(38)30-22(32)10-5-11-23(33)37-18-6-9-19-7-3-2-4-8-19/h2-4,7-8,12-17H,5-6,9-11,18H2,1H3,(H,27,31)(H2,29,30,32,38). The van der Waals surface area contributed by atoms with Gasteiger partial charge >= 0.3 is 5.97 Å². The summed E-state index contributed by atoms with van der Waals surface area (Å²) in [4.78, 5) is 31.8. The van der Waals surface area contributed by atoms with E-state index in [0.29, 0.717) is 18.7 Å². The number of carbonyl (C=O) groups is 2. The van der Waals surface area contributed by atoms with Gasteiger partial charge in [0.15, 0.2) is 5.11 Å². The van der Waals surface area contributed by atoms with Crippen molar-refractivity contribution in [3.8, 4) is 5.88 Å². The van der Waals surface area contributed by atoms with Gasteiger partial charge in [-0.25, -0.2) is 18.4 Å². The Balaban J connectivity index is 1.36. The number of rotatable bonds is 13. The number of carbonyl (C=O) groups excluding carboxylic acids is 2. The summed E-state index contributed by atoms with van der Waals surface area (Å²) < 4.78 is 37.9. The van der Waals surface area contributed by atoms with Crippen molar-refractivity contribution in [2.75, 3.05) is 23.8 Å². The molecule has 0 bridgehead atoms. The summed E-state index contributed by atoms with van der Waals surface area (Å²) in [6.45, 7) is 0.332. The molecule has 2 aromatic carbocycles. The molecule has 0 aliphatic heterocycles. The van der Waals surface area contributed by atoms with Gasteiger partial charge in [0, 0.05) is 30.9 Å². The topological polar surface area (TPSA) is 149 Å². The predicted octanol–water partition coefficient (Wildman–Crippen LogP) is 3.45. The van der Waals surface area contributed by atoms with Crippen LogP contribution in [0.3, 0.4) is 0 Å². The third-order valence-electron chi connectivity index (χ3n) is 5.26. The van der Waals surface area contributed by atoms with E-state index in [9.17, 15) is 18.0 Å². The molecule has 3 rings (SSSR count). The van der Waals surface area contributed by atoms with Crippen LogP contribution in [-0.4, -0.2) is 49.1 Å². The van der Waals surface area contributed by atoms with Crippen molar-refractivity contribution in [1.82, 2.24) is 15.3 Å². The van der Waals surface area contributed by atoms with Crippen LogP contribution < -0.4 is 20.1 Å². The number of ether oxygens (including phenoxy) is 2. The molecule has 0 saturated heterocycles. The molecule has 1 amide bonds. The summed E-state index contributed by atoms with van der Waals surface area (Å²) in [5, 5.41) is 5.39. The second-order valence-corrected chi connectivity index (χ2v) is 10.3. The third kappa shape index (κ3) is 9.94. The van der Waals surface area contributed by atoms with E-state index in [4.69, 9.17) is 21.7 Å². The van der Waals surface area contributed by atoms with Gasteiger partial charge in [0.2, 0.25) is 11.7 Å². The van der Waals surface area contributed by atoms with Crippen molar-refractivity contribution in [3.63, 3.8) is 0 Å². The van der Waals surface area contributed by atoms with Crippen molar-refractivity contribution >= 4 is 50.7 Å². The van der Waals surface area contributed by atoms with E-state index in [1.807, 2.05) is 30.3 Å². The fourth-order valence-corrected chi connectivity index (χ4v) is 4.61. The van der Waals surface area contributed by atoms with E-state index in [-0.39, 0.29) is 46.4 Å². The van der Waals surface area contributed by atoms with Gasteiger partial charge in [-0.2, -0.15) is 0 Å². The largest absolute Gasteiger partial charge is 0.478 e. The van der Waals surface area contributed by atoms with Crippen LogP contribution in [0.4, 0.5) is 11.5 Å². The lowest BCUT2D eigenvalue weighted by atomic mass is 10.1. The quantitative estimate of drug-likeness (QED) is 0.158. The number of amides is 1. The molecule has 206 valence electrons. The van der Waals surface area contributed by atoms with E-state index >= 15 is 0 Å². The van der Waals surface area contributed by atoms with Gasteiger partial charge in [-0.05, 0) is 61.3 Å². The lowest BCUT2D eigenvalue weighted by Crippen LogP contribution is -2.34. The Morgan fingerprint density at radius 2 is 1.67 bits per heavy atom. The molecule has 11 nitrogen and oxygen atoms in total. The van der Waals surface area contributed by atoms with Crippen LogP contribution >= 0.6 is 12.2 Å². The first kappa shape index (κ1) is 29.5. The predicted molar refractivity (Wildman–Crippen MR) is 150 cm³/mol. The molecule has 3 aromatic rings. The van der Waals surface area contributed by atoms with Gasteiger partial charge in [-0.15, -0.1) is 0 Å². The molecule has 0 aliphatic carbocycles. The number of hydrogen-bond donors (Lipinski definition) is 3. The van der Waals surface area contributed by atoms with Gasteiger partial charge in [-0.3, -0.25) is 14.3 Å². The van der Waals surface area contributed by atoms with Crippen LogP contribution in [0, 0.1) is 0 Å². The second-order valence-electron chi connectivity index (χ2n) is 8.21. The Hall–Kier alpha value is -4.10. The number of nitrogens with zero attached hydrogens (tertiary/aromatic N) is 2. The summed E-state index contributed by atoms with van der Waals surface area (Å²) in [6.07, 6.45) is 4.82. The zero-order chi connectivity index (χ0) is 28.1. The number of methoxy groups -OCH3 is 1. The molecule has 13 heteroatoms. The lowest BCUT2D eigenvalue weighted by Gasteiger charge is -2.12. The number of hydrogen-bond acceptors (Lipinski definition) is 9. The van der Waals surface area contributed by atoms with Gasteiger partial charge < -0.3 is 20.1 Å². The van der Waals surface area contributed by atoms with Crippen LogP contribution in [0.5, 0.6) is 5.88 Å². The Labute approximate surface area is 232 Å². The molecule has 0 fully saturated rings. The Morgan fingerprint density at radius 1 is 0.949 bits per heavy atom. The van der Waals surface area contributed by atoms with E-state index < -0.39 is 10.0 Å². The Kier molecular flexibility index (Phi) is 11.1. The number of benzene rings is 2. The Bertz CT molecular complexity index is 1370. The zero-order valence-corrected chi connectivity index (χ0v) is 22.9. The average molecular weight is 572 g/mol. The molecular weight excluding hydrogens is 542 g/mol. The molecular formula is C26H29N5O6S2. The van der Waals surface area contributed by atoms with Crippen LogP contribution in [0.1, 0.15) is 31.2 Å². The third-order valence-corrected chi connectivity index (χ3v) is 6.82. The fourth-order valence-electron chi connectivity index (χ4n) is 3.37. The first-order valence-electron chi connectivity index (χ1n) is 12.0. The number of anilines is 2. The van der Waals surface area contributed by atoms with E-state index in [1.54, 1.807) is 0 Å². The number of aromatic nitrogens is 2. The fraction of sp³-hybridized carbons (Fsp3) is 0.269. The zero-order valence-electron chi connectivity index (χ0n) is 21.3. The van der Waals surface area contributed by atoms with Crippen molar-refractivity contribution < 1.29 is 27.5 Å². The number of thiocarbonyl (C=S) groups is 1. The maximum Gasteiger partial charge on any atom is 0.305 e. The number of nitrogens with one attached hydrogen (secondary N) is 3. The van der Waals surface area contributed by atoms with Gasteiger partial charge in [-0.1, -0.05) is 30.3 Å². The van der Waals surface area contributed by atoms with E-state index in [2.05, 4.69) is 25.3 Å². The van der Waals surface area contributed by atoms with Crippen molar-refractivity contribution in [3.05, 3.63) is 72.6 Å². The molecule has 0 atom stereocenters. The number of aryl methyl sites for hydroxylation is 1. The van der Waals surface area contributed by atoms with Crippen molar-refractivity contribution in [1.29, 1.82) is 0 Å². The van der Waals surface area contributed by atoms with Crippen LogP contribution in [0.15, 0.2) is 71.9 Å². The summed E-state index contributed by atoms with van der Waals surface area (Å²) in [7, 11) is -2.59. The van der Waals surface area contributed by atoms with Crippen LogP contribution in [0.2, 0.25) is 0 Å². The summed E-state index contributed by atoms with van der Waals surface area (Å²) in [5.74, 6) is -0.705. The summed E-state index contributed by atoms with van der Waals surface area (Å²) in [5.41, 5.74) is 1.66. The van der Waals surface area contributed by atoms with Gasteiger partial charge in [0.25, 0.3) is 15.9 Å². The first-order chi connectivity index (χ1) is 18.8. The highest BCUT2D eigenvalue weighted by molar-refractivity contribution is 7.92. The number of esters is 1. The number of sulfonamides is 1. The minimum Gasteiger partial charge on any atom is -0.478 e. The smallest absolute Gasteiger partial charge is 0.305 e. The second kappa shape index (κ2) is 14.7. The summed E-state index contributed by atoms with van der Waals surface area (Å²) in [6, 6.07) is 15.7. The SMILES string of the molecule is COc1nccnc1NS(=O)(=O)c1ccc(NC(=S)NC(=O)CCCC(=O)OCCCc2ccccc2)cc1. The highest BCUT2D eigenvalue weighted by Crippen LogP contribution is 2.22. The van der Waals surface area contributed by atoms with E-state index in [1.165, 1.54) is 49.3 Å². The first-order valence-corrected chi connectivity index (χ1v) is 13.9. The lowest BCUT2D eigenvalue weighted by molar-refractivity contribution is -0.143. The highest BCUT2D eigenvalue weighted by atomic mass is 32.2. The molecule has 1 heterocycles. The monoisotopic (exact) mass is 571 g/mol. The molecule has 0 unspecified atom stereocenters. The van der Waals surface area contributed by atoms with Crippen LogP contribution in [0.25, 0.3) is 0 Å². The molecule has 0 saturated carbocycles. The molecule has 0 radical (unpaired) electrons. The maximum absolute atomic E-state index is 12.7. The molecule has 39 heavy (non-hydrogen) atoms.